The number of hydrogen-bond acceptors (Lipinski definition) is 0. The highest BCUT2D eigenvalue weighted by Gasteiger charge is 2.26. The van der Waals surface area contributed by atoms with Crippen LogP contribution in [-0.4, -0.2) is 0 Å². The molecule has 0 N–H and O–H groups in total. The van der Waals surface area contributed by atoms with E-state index in [2.05, 4.69) is 6.92 Å². The Balaban J connectivity index is 2.75. The van der Waals surface area contributed by atoms with Crippen molar-refractivity contribution in [3.8, 4) is 11.1 Å². The summed E-state index contributed by atoms with van der Waals surface area (Å²) in [5.41, 5.74) is -0.482. The topological polar surface area (TPSA) is 0 Å². The van der Waals surface area contributed by atoms with Gasteiger partial charge in [0.25, 0.3) is 0 Å². The Kier molecular flexibility index (Phi) is 3.07. The highest BCUT2D eigenvalue weighted by atomic mass is 19.2. The molecule has 5 heteroatoms. The maximum atomic E-state index is 13.5. The van der Waals surface area contributed by atoms with E-state index in [1.165, 1.54) is 24.3 Å². The minimum absolute atomic E-state index is 0.102. The molecule has 0 aromatic heterocycles. The summed E-state index contributed by atoms with van der Waals surface area (Å²) in [6.07, 6.45) is 0. The fourth-order valence-corrected chi connectivity index (χ4v) is 1.53. The van der Waals surface area contributed by atoms with Crippen molar-refractivity contribution in [1.82, 2.24) is 0 Å². The van der Waals surface area contributed by atoms with Gasteiger partial charge in [0.2, 0.25) is 5.82 Å². The van der Waals surface area contributed by atoms with Crippen LogP contribution in [0.3, 0.4) is 0 Å². The molecule has 2 rings (SSSR count). The molecule has 0 saturated heterocycles. The van der Waals surface area contributed by atoms with Crippen LogP contribution in [0.5, 0.6) is 0 Å². The average Bonchev–Trinajstić information content (AvgIpc) is 2.36. The van der Waals surface area contributed by atoms with Gasteiger partial charge in [0.1, 0.15) is 0 Å². The maximum Gasteiger partial charge on any atom is 0.200 e. The fourth-order valence-electron chi connectivity index (χ4n) is 1.53. The largest absolute Gasteiger partial charge is 0.203 e. The zero-order valence-corrected chi connectivity index (χ0v) is 8.91. The summed E-state index contributed by atoms with van der Waals surface area (Å²) in [7, 11) is 0. The molecule has 0 aliphatic heterocycles. The molecule has 0 aliphatic carbocycles. The van der Waals surface area contributed by atoms with E-state index < -0.39 is 34.6 Å². The van der Waals surface area contributed by atoms with Crippen LogP contribution in [0.15, 0.2) is 24.3 Å². The molecule has 0 nitrogen and oxygen atoms in total. The van der Waals surface area contributed by atoms with Gasteiger partial charge >= 0.3 is 0 Å². The summed E-state index contributed by atoms with van der Waals surface area (Å²) < 4.78 is 65.7. The van der Waals surface area contributed by atoms with Crippen LogP contribution in [0.25, 0.3) is 11.1 Å². The van der Waals surface area contributed by atoms with Crippen LogP contribution in [0.2, 0.25) is 0 Å². The molecular weight excluding hydrogens is 251 g/mol. The third-order valence-corrected chi connectivity index (χ3v) is 2.45. The van der Waals surface area contributed by atoms with Gasteiger partial charge in [-0.1, -0.05) is 24.3 Å². The Morgan fingerprint density at radius 2 is 1.00 bits per heavy atom. The standard InChI is InChI=1S/C13H6F5/c1-6-2-4-7(5-3-6)8-9(14)11(16)13(18)12(17)10(8)15/h2-5H,1H2. The van der Waals surface area contributed by atoms with Gasteiger partial charge in [-0.2, -0.15) is 0 Å². The molecule has 0 amide bonds. The predicted octanol–water partition coefficient (Wildman–Crippen LogP) is 4.23. The molecule has 0 atom stereocenters. The number of rotatable bonds is 1. The summed E-state index contributed by atoms with van der Waals surface area (Å²) in [6.45, 7) is 3.55. The van der Waals surface area contributed by atoms with Crippen molar-refractivity contribution in [2.45, 2.75) is 0 Å². The SMILES string of the molecule is [CH2]c1ccc(-c2c(F)c(F)c(F)c(F)c2F)cc1. The number of hydrogen-bond donors (Lipinski definition) is 0. The second kappa shape index (κ2) is 4.40. The first-order valence-corrected chi connectivity index (χ1v) is 4.87. The zero-order chi connectivity index (χ0) is 13.4. The van der Waals surface area contributed by atoms with Crippen molar-refractivity contribution in [3.63, 3.8) is 0 Å². The molecule has 0 heterocycles. The van der Waals surface area contributed by atoms with E-state index in [9.17, 15) is 22.0 Å². The molecule has 0 fully saturated rings. The second-order valence-electron chi connectivity index (χ2n) is 3.64. The third-order valence-electron chi connectivity index (χ3n) is 2.45. The van der Waals surface area contributed by atoms with Crippen LogP contribution < -0.4 is 0 Å². The van der Waals surface area contributed by atoms with Gasteiger partial charge in [-0.15, -0.1) is 0 Å². The molecule has 0 saturated carbocycles. The highest BCUT2D eigenvalue weighted by Crippen LogP contribution is 2.31. The van der Waals surface area contributed by atoms with Crippen LogP contribution in [-0.2, 0) is 0 Å². The summed E-state index contributed by atoms with van der Waals surface area (Å²) in [6, 6.07) is 5.29. The highest BCUT2D eigenvalue weighted by molar-refractivity contribution is 5.65. The van der Waals surface area contributed by atoms with Crippen LogP contribution >= 0.6 is 0 Å². The van der Waals surface area contributed by atoms with Gasteiger partial charge in [0, 0.05) is 0 Å². The van der Waals surface area contributed by atoms with Crippen LogP contribution in [0.4, 0.5) is 22.0 Å². The zero-order valence-electron chi connectivity index (χ0n) is 8.91. The van der Waals surface area contributed by atoms with E-state index in [4.69, 9.17) is 0 Å². The van der Waals surface area contributed by atoms with Crippen LogP contribution in [0.1, 0.15) is 5.56 Å². The van der Waals surface area contributed by atoms with Crippen molar-refractivity contribution in [2.75, 3.05) is 0 Å². The summed E-state index contributed by atoms with van der Waals surface area (Å²) >= 11 is 0. The summed E-state index contributed by atoms with van der Waals surface area (Å²) in [5.74, 6) is -9.76. The van der Waals surface area contributed by atoms with Gasteiger partial charge in [0.15, 0.2) is 23.3 Å². The predicted molar refractivity (Wildman–Crippen MR) is 56.1 cm³/mol. The first kappa shape index (κ1) is 12.5. The monoisotopic (exact) mass is 257 g/mol. The Labute approximate surface area is 99.7 Å². The number of halogens is 5. The van der Waals surface area contributed by atoms with E-state index >= 15 is 0 Å². The summed E-state index contributed by atoms with van der Waals surface area (Å²) in [5, 5.41) is 0. The Hall–Kier alpha value is -1.91. The van der Waals surface area contributed by atoms with Crippen molar-refractivity contribution in [1.29, 1.82) is 0 Å². The molecule has 0 aliphatic rings. The minimum Gasteiger partial charge on any atom is -0.203 e. The van der Waals surface area contributed by atoms with Gasteiger partial charge in [-0.3, -0.25) is 0 Å². The van der Waals surface area contributed by atoms with Crippen LogP contribution in [0, 0.1) is 36.0 Å². The Morgan fingerprint density at radius 3 is 1.44 bits per heavy atom. The lowest BCUT2D eigenvalue weighted by Crippen LogP contribution is -2.03. The first-order chi connectivity index (χ1) is 8.43. The second-order valence-corrected chi connectivity index (χ2v) is 3.64. The average molecular weight is 257 g/mol. The van der Waals surface area contributed by atoms with Gasteiger partial charge in [0.05, 0.1) is 5.56 Å². The smallest absolute Gasteiger partial charge is 0.200 e. The molecule has 2 aromatic rings. The van der Waals surface area contributed by atoms with E-state index in [1.807, 2.05) is 0 Å². The molecule has 2 aromatic carbocycles. The molecular formula is C13H6F5. The molecule has 18 heavy (non-hydrogen) atoms. The molecule has 0 bridgehead atoms. The third kappa shape index (κ3) is 1.85. The first-order valence-electron chi connectivity index (χ1n) is 4.87. The summed E-state index contributed by atoms with van der Waals surface area (Å²) in [4.78, 5) is 0. The molecule has 0 unspecified atom stereocenters. The van der Waals surface area contributed by atoms with Crippen molar-refractivity contribution >= 4 is 0 Å². The van der Waals surface area contributed by atoms with Gasteiger partial charge < -0.3 is 0 Å². The van der Waals surface area contributed by atoms with Crippen molar-refractivity contribution < 1.29 is 22.0 Å². The van der Waals surface area contributed by atoms with Gasteiger partial charge in [-0.25, -0.2) is 22.0 Å². The van der Waals surface area contributed by atoms with E-state index in [0.29, 0.717) is 5.56 Å². The van der Waals surface area contributed by atoms with Crippen molar-refractivity contribution in [2.24, 2.45) is 0 Å². The fraction of sp³-hybridized carbons (Fsp3) is 0. The maximum absolute atomic E-state index is 13.5. The lowest BCUT2D eigenvalue weighted by Gasteiger charge is -2.08. The Morgan fingerprint density at radius 1 is 0.611 bits per heavy atom. The van der Waals surface area contributed by atoms with Crippen molar-refractivity contribution in [3.05, 3.63) is 65.8 Å². The van der Waals surface area contributed by atoms with E-state index in [0.717, 1.165) is 0 Å². The lowest BCUT2D eigenvalue weighted by atomic mass is 10.0. The molecule has 0 spiro atoms. The Bertz CT molecular complexity index is 573. The quantitative estimate of drug-likeness (QED) is 0.407. The molecule has 1 radical (unpaired) electrons. The lowest BCUT2D eigenvalue weighted by molar-refractivity contribution is 0.381. The van der Waals surface area contributed by atoms with E-state index in [-0.39, 0.29) is 5.56 Å². The normalized spacial score (nSPS) is 10.8. The minimum atomic E-state index is -2.16. The van der Waals surface area contributed by atoms with E-state index in [1.54, 1.807) is 0 Å². The molecule has 93 valence electrons. The number of benzene rings is 2. The van der Waals surface area contributed by atoms with Gasteiger partial charge in [-0.05, 0) is 18.1 Å².